The van der Waals surface area contributed by atoms with E-state index in [1.807, 2.05) is 0 Å². The molecule has 2 heterocycles. The third-order valence-electron chi connectivity index (χ3n) is 3.61. The third-order valence-corrected chi connectivity index (χ3v) is 5.16. The van der Waals surface area contributed by atoms with Gasteiger partial charge in [0.05, 0.1) is 18.4 Å². The lowest BCUT2D eigenvalue weighted by Crippen LogP contribution is -2.10. The van der Waals surface area contributed by atoms with Gasteiger partial charge in [0.1, 0.15) is 17.8 Å². The third kappa shape index (κ3) is 4.27. The predicted octanol–water partition coefficient (Wildman–Crippen LogP) is 3.74. The Morgan fingerprint density at radius 3 is 2.37 bits per heavy atom. The van der Waals surface area contributed by atoms with Crippen LogP contribution in [0.25, 0.3) is 11.5 Å². The number of rotatable bonds is 5. The number of hydrogen-bond donors (Lipinski definition) is 0. The normalized spacial score (nSPS) is 12.1. The Balaban J connectivity index is 1.79. The van der Waals surface area contributed by atoms with E-state index in [-0.39, 0.29) is 11.6 Å². The smallest absolute Gasteiger partial charge is 0.417 e. The van der Waals surface area contributed by atoms with Crippen molar-refractivity contribution in [2.45, 2.75) is 17.0 Å². The molecule has 3 aromatic rings. The number of hydrogen-bond acceptors (Lipinski definition) is 6. The van der Waals surface area contributed by atoms with Crippen molar-refractivity contribution in [2.24, 2.45) is 0 Å². The molecule has 0 saturated heterocycles. The first-order valence-electron chi connectivity index (χ1n) is 7.54. The van der Waals surface area contributed by atoms with Crippen LogP contribution in [0.3, 0.4) is 0 Å². The van der Waals surface area contributed by atoms with E-state index in [4.69, 9.17) is 9.15 Å². The van der Waals surface area contributed by atoms with Gasteiger partial charge in [0, 0.05) is 11.8 Å². The average molecular weight is 398 g/mol. The molecule has 10 heteroatoms. The fourth-order valence-electron chi connectivity index (χ4n) is 2.24. The SMILES string of the molecule is COc1ccc(-c2nc(CS(=O)(=O)c3ccc(C(F)(F)F)cn3)co2)cc1. The summed E-state index contributed by atoms with van der Waals surface area (Å²) in [6.07, 6.45) is -2.92. The summed E-state index contributed by atoms with van der Waals surface area (Å²) in [4.78, 5) is 7.53. The first-order valence-corrected chi connectivity index (χ1v) is 9.19. The van der Waals surface area contributed by atoms with Crippen LogP contribution in [0.4, 0.5) is 13.2 Å². The van der Waals surface area contributed by atoms with E-state index in [0.717, 1.165) is 6.07 Å². The summed E-state index contributed by atoms with van der Waals surface area (Å²) >= 11 is 0. The number of oxazole rings is 1. The zero-order chi connectivity index (χ0) is 19.7. The summed E-state index contributed by atoms with van der Waals surface area (Å²) in [5.74, 6) is 0.301. The summed E-state index contributed by atoms with van der Waals surface area (Å²) in [5.41, 5.74) is -0.292. The summed E-state index contributed by atoms with van der Waals surface area (Å²) in [6.45, 7) is 0. The van der Waals surface area contributed by atoms with Crippen LogP contribution < -0.4 is 4.74 Å². The summed E-state index contributed by atoms with van der Waals surface area (Å²) in [5, 5.41) is -0.468. The van der Waals surface area contributed by atoms with Crippen molar-refractivity contribution in [2.75, 3.05) is 7.11 Å². The van der Waals surface area contributed by atoms with Gasteiger partial charge in [-0.25, -0.2) is 18.4 Å². The van der Waals surface area contributed by atoms with Crippen LogP contribution in [0.2, 0.25) is 0 Å². The van der Waals surface area contributed by atoms with Crippen LogP contribution in [0.5, 0.6) is 5.75 Å². The molecule has 0 spiro atoms. The maximum Gasteiger partial charge on any atom is 0.417 e. The Bertz CT molecular complexity index is 1030. The molecular formula is C17H13F3N2O4S. The van der Waals surface area contributed by atoms with Crippen LogP contribution >= 0.6 is 0 Å². The first kappa shape index (κ1) is 18.9. The standard InChI is InChI=1S/C17H13F3N2O4S/c1-25-14-5-2-11(3-6-14)16-22-13(9-26-16)10-27(23,24)15-7-4-12(8-21-15)17(18,19)20/h2-9H,10H2,1H3. The van der Waals surface area contributed by atoms with Gasteiger partial charge in [0.15, 0.2) is 5.03 Å². The molecule has 0 atom stereocenters. The number of nitrogens with zero attached hydrogens (tertiary/aromatic N) is 2. The molecule has 142 valence electrons. The van der Waals surface area contributed by atoms with E-state index in [0.29, 0.717) is 23.6 Å². The van der Waals surface area contributed by atoms with Crippen molar-refractivity contribution in [1.29, 1.82) is 0 Å². The highest BCUT2D eigenvalue weighted by Gasteiger charge is 2.31. The largest absolute Gasteiger partial charge is 0.497 e. The Morgan fingerprint density at radius 1 is 1.11 bits per heavy atom. The number of pyridine rings is 1. The van der Waals surface area contributed by atoms with Crippen molar-refractivity contribution < 1.29 is 30.7 Å². The van der Waals surface area contributed by atoms with Gasteiger partial charge in [0.25, 0.3) is 0 Å². The molecule has 0 bridgehead atoms. The number of benzene rings is 1. The predicted molar refractivity (Wildman–Crippen MR) is 88.6 cm³/mol. The molecule has 0 unspecified atom stereocenters. The number of halogens is 3. The molecule has 0 fully saturated rings. The van der Waals surface area contributed by atoms with Crippen LogP contribution in [0.1, 0.15) is 11.3 Å². The second-order valence-corrected chi connectivity index (χ2v) is 7.45. The van der Waals surface area contributed by atoms with Gasteiger partial charge in [-0.1, -0.05) is 0 Å². The van der Waals surface area contributed by atoms with Gasteiger partial charge >= 0.3 is 6.18 Å². The Labute approximate surface area is 152 Å². The Hall–Kier alpha value is -2.88. The second kappa shape index (κ2) is 7.03. The highest BCUT2D eigenvalue weighted by Crippen LogP contribution is 2.29. The molecule has 2 aromatic heterocycles. The monoisotopic (exact) mass is 398 g/mol. The summed E-state index contributed by atoms with van der Waals surface area (Å²) in [7, 11) is -2.45. The molecular weight excluding hydrogens is 385 g/mol. The topological polar surface area (TPSA) is 82.3 Å². The zero-order valence-electron chi connectivity index (χ0n) is 13.9. The van der Waals surface area contributed by atoms with E-state index in [2.05, 4.69) is 9.97 Å². The highest BCUT2D eigenvalue weighted by molar-refractivity contribution is 7.90. The van der Waals surface area contributed by atoms with Crippen LogP contribution in [0.15, 0.2) is 58.3 Å². The fourth-order valence-corrected chi connectivity index (χ4v) is 3.40. The van der Waals surface area contributed by atoms with Crippen molar-refractivity contribution in [3.63, 3.8) is 0 Å². The minimum Gasteiger partial charge on any atom is -0.497 e. The quantitative estimate of drug-likeness (QED) is 0.651. The van der Waals surface area contributed by atoms with E-state index in [1.54, 1.807) is 24.3 Å². The van der Waals surface area contributed by atoms with Gasteiger partial charge in [-0.05, 0) is 36.4 Å². The maximum absolute atomic E-state index is 12.6. The molecule has 1 aromatic carbocycles. The minimum atomic E-state index is -4.59. The number of alkyl halides is 3. The lowest BCUT2D eigenvalue weighted by Gasteiger charge is -2.06. The number of aromatic nitrogens is 2. The van der Waals surface area contributed by atoms with E-state index >= 15 is 0 Å². The Morgan fingerprint density at radius 2 is 1.81 bits per heavy atom. The molecule has 3 rings (SSSR count). The van der Waals surface area contributed by atoms with Gasteiger partial charge in [0.2, 0.25) is 15.7 Å². The van der Waals surface area contributed by atoms with Crippen LogP contribution in [-0.4, -0.2) is 25.5 Å². The Kier molecular flexibility index (Phi) is 4.92. The van der Waals surface area contributed by atoms with E-state index in [1.165, 1.54) is 13.4 Å². The van der Waals surface area contributed by atoms with Crippen molar-refractivity contribution in [3.05, 3.63) is 60.1 Å². The highest BCUT2D eigenvalue weighted by atomic mass is 32.2. The molecule has 0 N–H and O–H groups in total. The molecule has 0 amide bonds. The lowest BCUT2D eigenvalue weighted by atomic mass is 10.2. The summed E-state index contributed by atoms with van der Waals surface area (Å²) < 4.78 is 72.7. The van der Waals surface area contributed by atoms with Crippen LogP contribution in [0, 0.1) is 0 Å². The van der Waals surface area contributed by atoms with Crippen LogP contribution in [-0.2, 0) is 21.8 Å². The number of methoxy groups -OCH3 is 1. The van der Waals surface area contributed by atoms with Gasteiger partial charge in [-0.3, -0.25) is 0 Å². The van der Waals surface area contributed by atoms with Gasteiger partial charge in [-0.2, -0.15) is 13.2 Å². The average Bonchev–Trinajstić information content (AvgIpc) is 3.09. The number of sulfone groups is 1. The molecule has 27 heavy (non-hydrogen) atoms. The second-order valence-electron chi connectivity index (χ2n) is 5.51. The first-order chi connectivity index (χ1) is 12.7. The summed E-state index contributed by atoms with van der Waals surface area (Å²) in [6, 6.07) is 8.28. The molecule has 0 aliphatic heterocycles. The number of ether oxygens (including phenoxy) is 1. The minimum absolute atomic E-state index is 0.113. The lowest BCUT2D eigenvalue weighted by molar-refractivity contribution is -0.137. The van der Waals surface area contributed by atoms with Gasteiger partial charge in [-0.15, -0.1) is 0 Å². The van der Waals surface area contributed by atoms with Crippen molar-refractivity contribution >= 4 is 9.84 Å². The molecule has 0 aliphatic rings. The van der Waals surface area contributed by atoms with Crippen molar-refractivity contribution in [3.8, 4) is 17.2 Å². The molecule has 6 nitrogen and oxygen atoms in total. The van der Waals surface area contributed by atoms with Gasteiger partial charge < -0.3 is 9.15 Å². The van der Waals surface area contributed by atoms with E-state index < -0.39 is 32.4 Å². The molecule has 0 aliphatic carbocycles. The molecule has 0 saturated carbocycles. The fraction of sp³-hybridized carbons (Fsp3) is 0.176. The molecule has 0 radical (unpaired) electrons. The van der Waals surface area contributed by atoms with Crippen molar-refractivity contribution in [1.82, 2.24) is 9.97 Å². The maximum atomic E-state index is 12.6. The van der Waals surface area contributed by atoms with E-state index in [9.17, 15) is 21.6 Å². The zero-order valence-corrected chi connectivity index (χ0v) is 14.7.